The maximum atomic E-state index is 5.38. The van der Waals surface area contributed by atoms with Crippen LogP contribution in [0.4, 0.5) is 0 Å². The van der Waals surface area contributed by atoms with Crippen LogP contribution in [0.2, 0.25) is 0 Å². The Morgan fingerprint density at radius 1 is 1.31 bits per heavy atom. The summed E-state index contributed by atoms with van der Waals surface area (Å²) in [4.78, 5) is 4.02. The molecule has 0 bridgehead atoms. The Labute approximate surface area is 94.5 Å². The van der Waals surface area contributed by atoms with Gasteiger partial charge in [0.15, 0.2) is 0 Å². The predicted molar refractivity (Wildman–Crippen MR) is 62.3 cm³/mol. The second-order valence-corrected chi connectivity index (χ2v) is 4.21. The summed E-state index contributed by atoms with van der Waals surface area (Å²) in [5.41, 5.74) is 6.48. The van der Waals surface area contributed by atoms with Gasteiger partial charge in [-0.1, -0.05) is 12.2 Å². The Morgan fingerprint density at radius 3 is 2.46 bits per heavy atom. The molecule has 0 fully saturated rings. The van der Waals surface area contributed by atoms with Crippen LogP contribution in [0.1, 0.15) is 12.0 Å². The van der Waals surface area contributed by atoms with Gasteiger partial charge in [-0.3, -0.25) is 4.98 Å². The van der Waals surface area contributed by atoms with Crippen molar-refractivity contribution in [1.29, 1.82) is 0 Å². The van der Waals surface area contributed by atoms with Crippen molar-refractivity contribution >= 4 is 37.9 Å². The van der Waals surface area contributed by atoms with Crippen LogP contribution in [0, 0.1) is 0 Å². The summed E-state index contributed by atoms with van der Waals surface area (Å²) in [7, 11) is 0. The molecule has 0 spiro atoms. The van der Waals surface area contributed by atoms with Crippen molar-refractivity contribution < 1.29 is 0 Å². The highest BCUT2D eigenvalue weighted by Gasteiger charge is 2.00. The molecule has 0 amide bonds. The normalized spacial score (nSPS) is 11.0. The van der Waals surface area contributed by atoms with Gasteiger partial charge in [-0.2, -0.15) is 0 Å². The van der Waals surface area contributed by atoms with E-state index < -0.39 is 0 Å². The van der Waals surface area contributed by atoms with Crippen LogP contribution >= 0.6 is 31.9 Å². The van der Waals surface area contributed by atoms with Crippen molar-refractivity contribution in [3.63, 3.8) is 0 Å². The fraction of sp³-hybridized carbons (Fsp3) is 0.222. The summed E-state index contributed by atoms with van der Waals surface area (Å²) >= 11 is 6.85. The van der Waals surface area contributed by atoms with Crippen molar-refractivity contribution in [3.05, 3.63) is 33.0 Å². The van der Waals surface area contributed by atoms with Crippen LogP contribution < -0.4 is 5.73 Å². The maximum absolute atomic E-state index is 5.38. The zero-order valence-corrected chi connectivity index (χ0v) is 10.2. The topological polar surface area (TPSA) is 38.9 Å². The summed E-state index contributed by atoms with van der Waals surface area (Å²) in [6.07, 6.45) is 8.51. The van der Waals surface area contributed by atoms with Crippen LogP contribution in [0.3, 0.4) is 0 Å². The molecule has 1 rings (SSSR count). The molecule has 0 unspecified atom stereocenters. The van der Waals surface area contributed by atoms with Crippen LogP contribution in [-0.2, 0) is 0 Å². The van der Waals surface area contributed by atoms with Crippen molar-refractivity contribution in [3.8, 4) is 0 Å². The second-order valence-electron chi connectivity index (χ2n) is 2.50. The predicted octanol–water partition coefficient (Wildman–Crippen LogP) is 2.97. The monoisotopic (exact) mass is 304 g/mol. The van der Waals surface area contributed by atoms with Crippen LogP contribution in [0.25, 0.3) is 6.08 Å². The average molecular weight is 306 g/mol. The van der Waals surface area contributed by atoms with Gasteiger partial charge in [0.25, 0.3) is 0 Å². The first-order valence-corrected chi connectivity index (χ1v) is 5.50. The van der Waals surface area contributed by atoms with Crippen molar-refractivity contribution in [1.82, 2.24) is 4.98 Å². The zero-order valence-electron chi connectivity index (χ0n) is 7.00. The highest BCUT2D eigenvalue weighted by Crippen LogP contribution is 2.24. The molecule has 0 aromatic carbocycles. The van der Waals surface area contributed by atoms with E-state index in [1.165, 1.54) is 0 Å². The smallest absolute Gasteiger partial charge is 0.0442 e. The molecule has 4 heteroatoms. The molecular formula is C9H10Br2N2. The number of nitrogens with two attached hydrogens (primary N) is 1. The molecule has 2 N–H and O–H groups in total. The minimum absolute atomic E-state index is 0.677. The van der Waals surface area contributed by atoms with Crippen LogP contribution in [0.5, 0.6) is 0 Å². The van der Waals surface area contributed by atoms with E-state index >= 15 is 0 Å². The molecular weight excluding hydrogens is 296 g/mol. The number of rotatable bonds is 3. The highest BCUT2D eigenvalue weighted by atomic mass is 79.9. The average Bonchev–Trinajstić information content (AvgIpc) is 2.10. The van der Waals surface area contributed by atoms with E-state index in [2.05, 4.69) is 36.8 Å². The van der Waals surface area contributed by atoms with Gasteiger partial charge in [-0.25, -0.2) is 0 Å². The molecule has 0 atom stereocenters. The van der Waals surface area contributed by atoms with Gasteiger partial charge in [0, 0.05) is 26.9 Å². The molecule has 1 aromatic rings. The number of aromatic nitrogens is 1. The van der Waals surface area contributed by atoms with Gasteiger partial charge in [-0.15, -0.1) is 0 Å². The third-order valence-corrected chi connectivity index (χ3v) is 2.77. The van der Waals surface area contributed by atoms with E-state index in [1.54, 1.807) is 12.4 Å². The number of pyridine rings is 1. The molecule has 1 heterocycles. The third kappa shape index (κ3) is 3.21. The Bertz CT molecular complexity index is 290. The SMILES string of the molecule is NCC/C=C/c1c(Br)cncc1Br. The van der Waals surface area contributed by atoms with Crippen molar-refractivity contribution in [2.24, 2.45) is 5.73 Å². The maximum Gasteiger partial charge on any atom is 0.0442 e. The Balaban J connectivity index is 2.87. The third-order valence-electron chi connectivity index (χ3n) is 1.51. The van der Waals surface area contributed by atoms with E-state index in [9.17, 15) is 0 Å². The molecule has 0 saturated heterocycles. The molecule has 1 aromatic heterocycles. The standard InChI is InChI=1S/C9H10Br2N2/c10-8-5-13-6-9(11)7(8)3-1-2-4-12/h1,3,5-6H,2,4,12H2/b3-1+. The summed E-state index contributed by atoms with van der Waals surface area (Å²) < 4.78 is 1.96. The Hall–Kier alpha value is -0.190. The zero-order chi connectivity index (χ0) is 9.68. The van der Waals surface area contributed by atoms with Gasteiger partial charge in [0.1, 0.15) is 0 Å². The molecule has 0 radical (unpaired) electrons. The number of nitrogens with zero attached hydrogens (tertiary/aromatic N) is 1. The lowest BCUT2D eigenvalue weighted by molar-refractivity contribution is 1.01. The Morgan fingerprint density at radius 2 is 1.92 bits per heavy atom. The van der Waals surface area contributed by atoms with Gasteiger partial charge < -0.3 is 5.73 Å². The summed E-state index contributed by atoms with van der Waals surface area (Å²) in [5.74, 6) is 0. The van der Waals surface area contributed by atoms with E-state index in [4.69, 9.17) is 5.73 Å². The van der Waals surface area contributed by atoms with Gasteiger partial charge in [0.05, 0.1) is 0 Å². The first-order chi connectivity index (χ1) is 6.25. The molecule has 70 valence electrons. The fourth-order valence-electron chi connectivity index (χ4n) is 0.878. The van der Waals surface area contributed by atoms with E-state index in [1.807, 2.05) is 12.2 Å². The number of hydrogen-bond acceptors (Lipinski definition) is 2. The lowest BCUT2D eigenvalue weighted by Gasteiger charge is -1.99. The first-order valence-electron chi connectivity index (χ1n) is 3.91. The lowest BCUT2D eigenvalue weighted by atomic mass is 10.2. The van der Waals surface area contributed by atoms with Crippen molar-refractivity contribution in [2.45, 2.75) is 6.42 Å². The van der Waals surface area contributed by atoms with E-state index in [0.717, 1.165) is 20.9 Å². The van der Waals surface area contributed by atoms with E-state index in [0.29, 0.717) is 6.54 Å². The lowest BCUT2D eigenvalue weighted by Crippen LogP contribution is -1.95. The quantitative estimate of drug-likeness (QED) is 0.932. The van der Waals surface area contributed by atoms with Crippen LogP contribution in [-0.4, -0.2) is 11.5 Å². The molecule has 2 nitrogen and oxygen atoms in total. The summed E-state index contributed by atoms with van der Waals surface area (Å²) in [6, 6.07) is 0. The summed E-state index contributed by atoms with van der Waals surface area (Å²) in [5, 5.41) is 0. The summed E-state index contributed by atoms with van der Waals surface area (Å²) in [6.45, 7) is 0.677. The number of hydrogen-bond donors (Lipinski definition) is 1. The largest absolute Gasteiger partial charge is 0.330 e. The Kier molecular flexibility index (Phi) is 4.62. The van der Waals surface area contributed by atoms with Crippen molar-refractivity contribution in [2.75, 3.05) is 6.54 Å². The van der Waals surface area contributed by atoms with Gasteiger partial charge >= 0.3 is 0 Å². The van der Waals surface area contributed by atoms with Gasteiger partial charge in [-0.05, 0) is 44.8 Å². The molecule has 0 saturated carbocycles. The van der Waals surface area contributed by atoms with Crippen LogP contribution in [0.15, 0.2) is 27.4 Å². The second kappa shape index (κ2) is 5.52. The first kappa shape index (κ1) is 10.9. The molecule has 0 aliphatic heterocycles. The molecule has 0 aliphatic carbocycles. The minimum Gasteiger partial charge on any atom is -0.330 e. The molecule has 13 heavy (non-hydrogen) atoms. The highest BCUT2D eigenvalue weighted by molar-refractivity contribution is 9.11. The fourth-order valence-corrected chi connectivity index (χ4v) is 2.07. The number of halogens is 2. The van der Waals surface area contributed by atoms with E-state index in [-0.39, 0.29) is 0 Å². The minimum atomic E-state index is 0.677. The van der Waals surface area contributed by atoms with Gasteiger partial charge in [0.2, 0.25) is 0 Å². The molecule has 0 aliphatic rings.